The highest BCUT2D eigenvalue weighted by Crippen LogP contribution is 2.22. The quantitative estimate of drug-likeness (QED) is 0.731. The number of H-pyrrole nitrogens is 1. The first kappa shape index (κ1) is 11.7. The second-order valence-electron chi connectivity index (χ2n) is 2.85. The van der Waals surface area contributed by atoms with E-state index in [0.29, 0.717) is 16.4 Å². The van der Waals surface area contributed by atoms with E-state index in [1.807, 2.05) is 6.92 Å². The van der Waals surface area contributed by atoms with Crippen LogP contribution in [-0.4, -0.2) is 28.5 Å². The molecule has 0 aliphatic rings. The third kappa shape index (κ3) is 2.34. The van der Waals surface area contributed by atoms with Gasteiger partial charge in [0, 0.05) is 18.2 Å². The summed E-state index contributed by atoms with van der Waals surface area (Å²) in [4.78, 5) is 17.5. The van der Waals surface area contributed by atoms with Crippen LogP contribution >= 0.6 is 11.6 Å². The van der Waals surface area contributed by atoms with Crippen molar-refractivity contribution < 1.29 is 9.90 Å². The first-order valence-corrected chi connectivity index (χ1v) is 4.64. The number of nitrogens with zero attached hydrogens (tertiary/aromatic N) is 1. The largest absolute Gasteiger partial charge is 0.400 e. The van der Waals surface area contributed by atoms with Gasteiger partial charge in [-0.2, -0.15) is 0 Å². The van der Waals surface area contributed by atoms with Gasteiger partial charge in [-0.3, -0.25) is 4.79 Å². The third-order valence-electron chi connectivity index (χ3n) is 1.83. The van der Waals surface area contributed by atoms with Gasteiger partial charge < -0.3 is 10.1 Å². The van der Waals surface area contributed by atoms with Crippen LogP contribution in [0, 0.1) is 6.92 Å². The zero-order valence-corrected chi connectivity index (χ0v) is 9.17. The monoisotopic (exact) mass is 226 g/mol. The fourth-order valence-corrected chi connectivity index (χ4v) is 1.57. The highest BCUT2D eigenvalue weighted by Gasteiger charge is 2.05. The molecule has 0 fully saturated rings. The van der Waals surface area contributed by atoms with E-state index in [9.17, 15) is 4.79 Å². The Bertz CT molecular complexity index is 479. The van der Waals surface area contributed by atoms with Gasteiger partial charge >= 0.3 is 0 Å². The number of nitrogens with one attached hydrogen (secondary N) is 1. The summed E-state index contributed by atoms with van der Waals surface area (Å²) < 4.78 is 0. The molecule has 0 aliphatic carbocycles. The highest BCUT2D eigenvalue weighted by atomic mass is 35.5. The zero-order chi connectivity index (χ0) is 11.4. The summed E-state index contributed by atoms with van der Waals surface area (Å²) in [6.45, 7) is 1.85. The van der Waals surface area contributed by atoms with Crippen LogP contribution in [-0.2, 0) is 0 Å². The normalized spacial score (nSPS) is 9.60. The van der Waals surface area contributed by atoms with Crippen LogP contribution in [0.1, 0.15) is 16.2 Å². The van der Waals surface area contributed by atoms with Crippen LogP contribution in [0.3, 0.4) is 0 Å². The molecule has 0 unspecified atom stereocenters. The Balaban J connectivity index is 0.000000531. The van der Waals surface area contributed by atoms with Gasteiger partial charge in [0.15, 0.2) is 6.29 Å². The third-order valence-corrected chi connectivity index (χ3v) is 2.14. The van der Waals surface area contributed by atoms with E-state index >= 15 is 0 Å². The summed E-state index contributed by atoms with van der Waals surface area (Å²) in [5, 5.41) is 8.40. The summed E-state index contributed by atoms with van der Waals surface area (Å²) in [5.41, 5.74) is 1.99. The van der Waals surface area contributed by atoms with Gasteiger partial charge in [0.05, 0.1) is 10.7 Å². The van der Waals surface area contributed by atoms with E-state index in [1.54, 1.807) is 12.1 Å². The van der Waals surface area contributed by atoms with Crippen LogP contribution in [0.25, 0.3) is 11.0 Å². The van der Waals surface area contributed by atoms with Gasteiger partial charge in [-0.05, 0) is 19.1 Å². The number of pyridine rings is 1. The Morgan fingerprint density at radius 3 is 2.73 bits per heavy atom. The molecule has 0 spiro atoms. The molecule has 0 atom stereocenters. The van der Waals surface area contributed by atoms with Crippen molar-refractivity contribution in [1.29, 1.82) is 0 Å². The van der Waals surface area contributed by atoms with E-state index in [1.165, 1.54) is 0 Å². The maximum Gasteiger partial charge on any atom is 0.166 e. The lowest BCUT2D eigenvalue weighted by Crippen LogP contribution is -1.82. The Kier molecular flexibility index (Phi) is 3.82. The highest BCUT2D eigenvalue weighted by molar-refractivity contribution is 6.35. The number of aryl methyl sites for hydroxylation is 1. The molecule has 5 heteroatoms. The fraction of sp³-hybridized carbons (Fsp3) is 0.200. The second kappa shape index (κ2) is 4.91. The van der Waals surface area contributed by atoms with Crippen LogP contribution in [0.5, 0.6) is 0 Å². The molecule has 2 heterocycles. The van der Waals surface area contributed by atoms with Crippen molar-refractivity contribution in [2.75, 3.05) is 7.11 Å². The smallest absolute Gasteiger partial charge is 0.166 e. The van der Waals surface area contributed by atoms with Gasteiger partial charge in [-0.1, -0.05) is 11.6 Å². The van der Waals surface area contributed by atoms with Gasteiger partial charge in [0.25, 0.3) is 0 Å². The molecule has 0 saturated carbocycles. The minimum absolute atomic E-state index is 0.495. The fourth-order valence-electron chi connectivity index (χ4n) is 1.27. The van der Waals surface area contributed by atoms with Crippen molar-refractivity contribution in [3.63, 3.8) is 0 Å². The summed E-state index contributed by atoms with van der Waals surface area (Å²) in [6, 6.07) is 3.46. The van der Waals surface area contributed by atoms with Gasteiger partial charge in [-0.15, -0.1) is 0 Å². The number of rotatable bonds is 1. The molecular formula is C10H11ClN2O2. The van der Waals surface area contributed by atoms with E-state index < -0.39 is 0 Å². The van der Waals surface area contributed by atoms with E-state index in [0.717, 1.165) is 24.5 Å². The predicted octanol–water partition coefficient (Wildman–Crippen LogP) is 1.95. The topological polar surface area (TPSA) is 66.0 Å². The van der Waals surface area contributed by atoms with Gasteiger partial charge in [0.2, 0.25) is 0 Å². The Morgan fingerprint density at radius 2 is 2.13 bits per heavy atom. The molecule has 2 aromatic rings. The molecule has 0 bridgehead atoms. The zero-order valence-electron chi connectivity index (χ0n) is 8.41. The van der Waals surface area contributed by atoms with Gasteiger partial charge in [0.1, 0.15) is 5.65 Å². The van der Waals surface area contributed by atoms with E-state index in [2.05, 4.69) is 9.97 Å². The minimum atomic E-state index is 0.495. The number of aliphatic hydroxyl groups is 1. The number of aromatic nitrogens is 2. The maximum absolute atomic E-state index is 10.5. The number of fused-ring (bicyclic) bond motifs is 1. The number of aldehydes is 1. The molecular weight excluding hydrogens is 216 g/mol. The predicted molar refractivity (Wildman–Crippen MR) is 59.4 cm³/mol. The average molecular weight is 227 g/mol. The molecule has 0 aliphatic heterocycles. The van der Waals surface area contributed by atoms with Crippen molar-refractivity contribution in [3.8, 4) is 0 Å². The van der Waals surface area contributed by atoms with Crippen molar-refractivity contribution >= 4 is 28.9 Å². The number of hydrogen-bond acceptors (Lipinski definition) is 3. The molecule has 0 radical (unpaired) electrons. The van der Waals surface area contributed by atoms with Crippen molar-refractivity contribution in [2.45, 2.75) is 6.92 Å². The molecule has 2 aromatic heterocycles. The summed E-state index contributed by atoms with van der Waals surface area (Å²) >= 11 is 5.96. The number of carbonyl (C=O) groups is 1. The van der Waals surface area contributed by atoms with Crippen LogP contribution in [0.15, 0.2) is 12.1 Å². The lowest BCUT2D eigenvalue weighted by molar-refractivity contribution is 0.111. The summed E-state index contributed by atoms with van der Waals surface area (Å²) in [5.74, 6) is 0. The minimum Gasteiger partial charge on any atom is -0.400 e. The molecule has 4 nitrogen and oxygen atoms in total. The molecule has 0 amide bonds. The Hall–Kier alpha value is -1.39. The van der Waals surface area contributed by atoms with E-state index in [-0.39, 0.29) is 0 Å². The SMILES string of the molecule is CO.Cc1cc(Cl)c2cc(C=O)[nH]c2n1. The molecule has 2 N–H and O–H groups in total. The first-order chi connectivity index (χ1) is 7.20. The standard InChI is InChI=1S/C9H7ClN2O.CH4O/c1-5-2-8(10)7-3-6(4-13)12-9(7)11-5;1-2/h2-4H,1H3,(H,11,12);2H,1H3. The van der Waals surface area contributed by atoms with Crippen LogP contribution in [0.2, 0.25) is 5.02 Å². The molecule has 2 rings (SSSR count). The summed E-state index contributed by atoms with van der Waals surface area (Å²) in [7, 11) is 1.00. The van der Waals surface area contributed by atoms with E-state index in [4.69, 9.17) is 16.7 Å². The number of hydrogen-bond donors (Lipinski definition) is 2. The van der Waals surface area contributed by atoms with Crippen LogP contribution < -0.4 is 0 Å². The summed E-state index contributed by atoms with van der Waals surface area (Å²) in [6.07, 6.45) is 0.743. The number of aromatic amines is 1. The molecule has 15 heavy (non-hydrogen) atoms. The Morgan fingerprint density at radius 1 is 1.47 bits per heavy atom. The maximum atomic E-state index is 10.5. The Labute approximate surface area is 91.9 Å². The first-order valence-electron chi connectivity index (χ1n) is 4.26. The van der Waals surface area contributed by atoms with Gasteiger partial charge in [-0.25, -0.2) is 4.98 Å². The van der Waals surface area contributed by atoms with Crippen molar-refractivity contribution in [2.24, 2.45) is 0 Å². The molecule has 80 valence electrons. The lowest BCUT2D eigenvalue weighted by atomic mass is 10.3. The number of halogens is 1. The van der Waals surface area contributed by atoms with Crippen molar-refractivity contribution in [3.05, 3.63) is 28.5 Å². The lowest BCUT2D eigenvalue weighted by Gasteiger charge is -1.94. The average Bonchev–Trinajstić information content (AvgIpc) is 2.64. The number of carbonyl (C=O) groups excluding carboxylic acids is 1. The van der Waals surface area contributed by atoms with Crippen LogP contribution in [0.4, 0.5) is 0 Å². The second-order valence-corrected chi connectivity index (χ2v) is 3.26. The van der Waals surface area contributed by atoms with Crippen molar-refractivity contribution in [1.82, 2.24) is 9.97 Å². The molecule has 0 saturated heterocycles. The number of aliphatic hydroxyl groups excluding tert-OH is 1. The molecule has 0 aromatic carbocycles.